The first-order valence-corrected chi connectivity index (χ1v) is 7.10. The van der Waals surface area contributed by atoms with E-state index in [1.165, 1.54) is 12.1 Å². The minimum atomic E-state index is -4.83. The van der Waals surface area contributed by atoms with Crippen LogP contribution in [0.1, 0.15) is 10.4 Å². The summed E-state index contributed by atoms with van der Waals surface area (Å²) in [5.74, 6) is -0.597. The van der Waals surface area contributed by atoms with Gasteiger partial charge in [0.15, 0.2) is 31.0 Å². The Morgan fingerprint density at radius 2 is 1.72 bits per heavy atom. The van der Waals surface area contributed by atoms with Crippen LogP contribution in [0.4, 0.5) is 13.2 Å². The van der Waals surface area contributed by atoms with E-state index in [0.29, 0.717) is 0 Å². The molecule has 0 aliphatic carbocycles. The van der Waals surface area contributed by atoms with Crippen LogP contribution in [0.5, 0.6) is 5.75 Å². The quantitative estimate of drug-likeness (QED) is 0.602. The Bertz CT molecular complexity index is 398. The maximum Gasteiger partial charge on any atom is 0.573 e. The van der Waals surface area contributed by atoms with Crippen LogP contribution in [-0.4, -0.2) is 16.2 Å². The second-order valence-electron chi connectivity index (χ2n) is 2.50. The first kappa shape index (κ1) is 17.7. The number of carbonyl (C=O) groups is 1. The van der Waals surface area contributed by atoms with E-state index in [1.54, 1.807) is 0 Å². The van der Waals surface area contributed by atoms with Crippen molar-refractivity contribution in [3.8, 4) is 5.75 Å². The molecule has 0 fully saturated rings. The summed E-state index contributed by atoms with van der Waals surface area (Å²) in [4.78, 5) is 10.7. The summed E-state index contributed by atoms with van der Waals surface area (Å²) in [6.45, 7) is 0. The van der Waals surface area contributed by atoms with Crippen molar-refractivity contribution in [1.29, 1.82) is 0 Å². The largest absolute Gasteiger partial charge is 0.582 e. The monoisotopic (exact) mass is 342 g/mol. The number of ether oxygens (including phenoxy) is 1. The van der Waals surface area contributed by atoms with Crippen LogP contribution in [0.3, 0.4) is 0 Å². The maximum atomic E-state index is 11.8. The topological polar surface area (TPSA) is 49.4 Å². The third-order valence-electron chi connectivity index (χ3n) is 1.32. The molecule has 102 valence electrons. The highest BCUT2D eigenvalue weighted by atomic mass is 36.0. The first-order chi connectivity index (χ1) is 8.13. The van der Waals surface area contributed by atoms with Crippen molar-refractivity contribution in [2.75, 3.05) is 0 Å². The lowest BCUT2D eigenvalue weighted by Gasteiger charge is -2.10. The molecule has 1 aromatic rings. The number of rotatable bonds is 2. The number of halogens is 6. The van der Waals surface area contributed by atoms with Crippen LogP contribution in [0.2, 0.25) is 0 Å². The molecule has 0 aromatic heterocycles. The SMILES string of the molecule is O=C(Cl)c1ccccc1OC(F)(F)F.[O-][S+](Cl)Cl. The summed E-state index contributed by atoms with van der Waals surface area (Å²) in [6, 6.07) is 4.86. The summed E-state index contributed by atoms with van der Waals surface area (Å²) in [5, 5.41) is -0.996. The number of benzene rings is 1. The van der Waals surface area contributed by atoms with Crippen molar-refractivity contribution in [2.45, 2.75) is 6.36 Å². The lowest BCUT2D eigenvalue weighted by atomic mass is 10.2. The highest BCUT2D eigenvalue weighted by Gasteiger charge is 2.32. The molecule has 1 rings (SSSR count). The van der Waals surface area contributed by atoms with E-state index in [4.69, 9.17) is 16.2 Å². The number of carbonyl (C=O) groups excluding carboxylic acids is 1. The van der Waals surface area contributed by atoms with Gasteiger partial charge < -0.3 is 9.29 Å². The minimum absolute atomic E-state index is 0.313. The van der Waals surface area contributed by atoms with Crippen molar-refractivity contribution >= 4 is 47.8 Å². The van der Waals surface area contributed by atoms with Crippen molar-refractivity contribution in [3.63, 3.8) is 0 Å². The Kier molecular flexibility index (Phi) is 7.81. The average molecular weight is 344 g/mol. The molecule has 0 aliphatic heterocycles. The van der Waals surface area contributed by atoms with Crippen LogP contribution < -0.4 is 4.74 Å². The van der Waals surface area contributed by atoms with Crippen molar-refractivity contribution < 1.29 is 27.3 Å². The van der Waals surface area contributed by atoms with Crippen LogP contribution >= 0.6 is 33.0 Å². The second kappa shape index (κ2) is 7.96. The van der Waals surface area contributed by atoms with Gasteiger partial charge >= 0.3 is 6.36 Å². The van der Waals surface area contributed by atoms with Gasteiger partial charge in [0, 0.05) is 0 Å². The van der Waals surface area contributed by atoms with E-state index in [1.807, 2.05) is 0 Å². The van der Waals surface area contributed by atoms with E-state index >= 15 is 0 Å². The summed E-state index contributed by atoms with van der Waals surface area (Å²) < 4.78 is 48.1. The van der Waals surface area contributed by atoms with E-state index in [9.17, 15) is 18.0 Å². The third kappa shape index (κ3) is 8.71. The zero-order chi connectivity index (χ0) is 14.3. The van der Waals surface area contributed by atoms with Gasteiger partial charge in [-0.1, -0.05) is 12.1 Å². The number of hydrogen-bond acceptors (Lipinski definition) is 3. The van der Waals surface area contributed by atoms with Crippen LogP contribution in [0, 0.1) is 0 Å². The normalized spacial score (nSPS) is 10.7. The second-order valence-corrected chi connectivity index (χ2v) is 5.37. The lowest BCUT2D eigenvalue weighted by Crippen LogP contribution is -2.18. The first-order valence-electron chi connectivity index (χ1n) is 3.92. The van der Waals surface area contributed by atoms with Crippen molar-refractivity contribution in [2.24, 2.45) is 0 Å². The fourth-order valence-electron chi connectivity index (χ4n) is 0.843. The molecule has 0 saturated carbocycles. The Morgan fingerprint density at radius 1 is 1.28 bits per heavy atom. The zero-order valence-electron chi connectivity index (χ0n) is 8.21. The van der Waals surface area contributed by atoms with Crippen LogP contribution in [0.15, 0.2) is 24.3 Å². The van der Waals surface area contributed by atoms with E-state index < -0.39 is 27.0 Å². The number of alkyl halides is 3. The standard InChI is InChI=1S/C8H4ClF3O2.Cl2OS/c9-7(13)5-3-1-2-4-6(5)14-8(10,11)12;1-4(2)3/h1-4H;. The molecule has 0 N–H and O–H groups in total. The molecule has 3 nitrogen and oxygen atoms in total. The van der Waals surface area contributed by atoms with E-state index in [2.05, 4.69) is 26.1 Å². The lowest BCUT2D eigenvalue weighted by molar-refractivity contribution is -0.274. The van der Waals surface area contributed by atoms with Gasteiger partial charge in [-0.3, -0.25) is 4.79 Å². The fourth-order valence-corrected chi connectivity index (χ4v) is 0.999. The minimum Gasteiger partial charge on any atom is -0.582 e. The van der Waals surface area contributed by atoms with Gasteiger partial charge in [0.2, 0.25) is 0 Å². The molecular formula is C8H4Cl3F3O3S. The van der Waals surface area contributed by atoms with Gasteiger partial charge in [-0.25, -0.2) is 0 Å². The summed E-state index contributed by atoms with van der Waals surface area (Å²) in [7, 11) is 7.36. The fraction of sp³-hybridized carbons (Fsp3) is 0.125. The van der Waals surface area contributed by atoms with Crippen molar-refractivity contribution in [1.82, 2.24) is 0 Å². The predicted molar refractivity (Wildman–Crippen MR) is 63.2 cm³/mol. The zero-order valence-corrected chi connectivity index (χ0v) is 11.3. The molecule has 0 atom stereocenters. The van der Waals surface area contributed by atoms with E-state index in [0.717, 1.165) is 12.1 Å². The molecule has 0 spiro atoms. The Hall–Kier alpha value is -0.340. The van der Waals surface area contributed by atoms with Crippen LogP contribution in [-0.2, 0) is 9.60 Å². The van der Waals surface area contributed by atoms with Gasteiger partial charge in [-0.05, 0) is 23.7 Å². The van der Waals surface area contributed by atoms with Gasteiger partial charge in [0.1, 0.15) is 5.75 Å². The van der Waals surface area contributed by atoms with Crippen LogP contribution in [0.25, 0.3) is 0 Å². The predicted octanol–water partition coefficient (Wildman–Crippen LogP) is 4.01. The summed E-state index contributed by atoms with van der Waals surface area (Å²) in [5.41, 5.74) is -0.313. The molecule has 0 saturated heterocycles. The third-order valence-corrected chi connectivity index (χ3v) is 1.53. The Morgan fingerprint density at radius 3 is 2.11 bits per heavy atom. The molecule has 0 heterocycles. The Labute approximate surface area is 117 Å². The smallest absolute Gasteiger partial charge is 0.573 e. The van der Waals surface area contributed by atoms with Gasteiger partial charge in [-0.2, -0.15) is 0 Å². The summed E-state index contributed by atoms with van der Waals surface area (Å²) in [6.07, 6.45) is -4.83. The maximum absolute atomic E-state index is 11.8. The van der Waals surface area contributed by atoms with Gasteiger partial charge in [0.25, 0.3) is 5.24 Å². The highest BCUT2D eigenvalue weighted by molar-refractivity contribution is 8.31. The average Bonchev–Trinajstić information content (AvgIpc) is 2.14. The van der Waals surface area contributed by atoms with Gasteiger partial charge in [0.05, 0.1) is 5.56 Å². The highest BCUT2D eigenvalue weighted by Crippen LogP contribution is 2.26. The van der Waals surface area contributed by atoms with E-state index in [-0.39, 0.29) is 5.56 Å². The van der Waals surface area contributed by atoms with Crippen molar-refractivity contribution in [3.05, 3.63) is 29.8 Å². The molecule has 0 amide bonds. The molecule has 1 aromatic carbocycles. The Balaban J connectivity index is 0.000000631. The van der Waals surface area contributed by atoms with Gasteiger partial charge in [-0.15, -0.1) is 13.2 Å². The molecule has 0 radical (unpaired) electrons. The summed E-state index contributed by atoms with van der Waals surface area (Å²) >= 11 is 5.05. The molecule has 0 unspecified atom stereocenters. The molecule has 0 aliphatic rings. The molecule has 18 heavy (non-hydrogen) atoms. The number of para-hydroxylation sites is 1. The molecular weight excluding hydrogens is 340 g/mol. The molecule has 0 bridgehead atoms. The number of hydrogen-bond donors (Lipinski definition) is 0. The molecule has 10 heteroatoms.